The summed E-state index contributed by atoms with van der Waals surface area (Å²) in [7, 11) is -3.32. The van der Waals surface area contributed by atoms with E-state index in [1.54, 1.807) is 18.2 Å². The van der Waals surface area contributed by atoms with Crippen LogP contribution in [0.2, 0.25) is 0 Å². The van der Waals surface area contributed by atoms with Crippen molar-refractivity contribution in [2.75, 3.05) is 7.11 Å². The van der Waals surface area contributed by atoms with Crippen molar-refractivity contribution in [3.63, 3.8) is 0 Å². The molecule has 104 valence electrons. The molecule has 0 saturated carbocycles. The van der Waals surface area contributed by atoms with Crippen molar-refractivity contribution in [2.24, 2.45) is 0 Å². The van der Waals surface area contributed by atoms with E-state index in [1.807, 2.05) is 6.92 Å². The van der Waals surface area contributed by atoms with Crippen LogP contribution in [0, 0.1) is 6.92 Å². The number of esters is 1. The number of carbonyl (C=O) groups is 1. The number of carbonyl (C=O) groups excluding carboxylic acids is 1. The highest BCUT2D eigenvalue weighted by Gasteiger charge is 2.27. The third-order valence-electron chi connectivity index (χ3n) is 2.43. The van der Waals surface area contributed by atoms with Crippen molar-refractivity contribution in [3.8, 4) is 0 Å². The van der Waals surface area contributed by atoms with E-state index in [1.165, 1.54) is 0 Å². The van der Waals surface area contributed by atoms with Gasteiger partial charge in [-0.3, -0.25) is 4.55 Å². The zero-order valence-electron chi connectivity index (χ0n) is 10.0. The first kappa shape index (κ1) is 15.9. The molecule has 0 amide bonds. The highest BCUT2D eigenvalue weighted by Crippen LogP contribution is 2.35. The molecule has 1 aromatic heterocycles. The van der Waals surface area contributed by atoms with Gasteiger partial charge in [-0.15, -0.1) is 23.7 Å². The minimum absolute atomic E-state index is 0. The summed E-state index contributed by atoms with van der Waals surface area (Å²) in [5.41, 5.74) is 0.932. The van der Waals surface area contributed by atoms with Crippen LogP contribution in [0.1, 0.15) is 15.2 Å². The lowest BCUT2D eigenvalue weighted by molar-refractivity contribution is 0.0602. The SMILES string of the molecule is COC(=O)c1sc2cc(C)ccc2c1S(=O)(=O)O.Cl. The van der Waals surface area contributed by atoms with Crippen LogP contribution in [0.15, 0.2) is 23.1 Å². The van der Waals surface area contributed by atoms with E-state index in [9.17, 15) is 17.8 Å². The molecule has 0 aliphatic heterocycles. The van der Waals surface area contributed by atoms with E-state index < -0.39 is 16.1 Å². The average molecular weight is 323 g/mol. The number of hydrogen-bond donors (Lipinski definition) is 1. The predicted molar refractivity (Wildman–Crippen MR) is 75.0 cm³/mol. The second kappa shape index (κ2) is 5.46. The van der Waals surface area contributed by atoms with E-state index >= 15 is 0 Å². The molecule has 19 heavy (non-hydrogen) atoms. The van der Waals surface area contributed by atoms with E-state index in [-0.39, 0.29) is 22.2 Å². The molecule has 0 aliphatic rings. The van der Waals surface area contributed by atoms with Crippen LogP contribution in [-0.2, 0) is 14.9 Å². The van der Waals surface area contributed by atoms with Gasteiger partial charge in [-0.2, -0.15) is 8.42 Å². The fraction of sp³-hybridized carbons (Fsp3) is 0.182. The van der Waals surface area contributed by atoms with Crippen molar-refractivity contribution in [1.82, 2.24) is 0 Å². The van der Waals surface area contributed by atoms with E-state index in [0.717, 1.165) is 24.0 Å². The van der Waals surface area contributed by atoms with Gasteiger partial charge in [0.2, 0.25) is 0 Å². The third-order valence-corrected chi connectivity index (χ3v) is 4.63. The number of benzene rings is 1. The lowest BCUT2D eigenvalue weighted by Gasteiger charge is -1.99. The smallest absolute Gasteiger partial charge is 0.349 e. The molecule has 0 unspecified atom stereocenters. The van der Waals surface area contributed by atoms with Gasteiger partial charge >= 0.3 is 5.97 Å². The summed E-state index contributed by atoms with van der Waals surface area (Å²) in [6.45, 7) is 1.85. The summed E-state index contributed by atoms with van der Waals surface area (Å²) in [6.07, 6.45) is 0. The Labute approximate surface area is 120 Å². The molecule has 0 fully saturated rings. The summed E-state index contributed by atoms with van der Waals surface area (Å²) in [5, 5.41) is 0.327. The minimum atomic E-state index is -4.48. The molecular formula is C11H11ClO5S2. The van der Waals surface area contributed by atoms with E-state index in [0.29, 0.717) is 10.1 Å². The van der Waals surface area contributed by atoms with Crippen LogP contribution in [0.25, 0.3) is 10.1 Å². The van der Waals surface area contributed by atoms with Gasteiger partial charge in [0.15, 0.2) is 0 Å². The van der Waals surface area contributed by atoms with Crippen molar-refractivity contribution in [3.05, 3.63) is 28.6 Å². The minimum Gasteiger partial charge on any atom is -0.465 e. The van der Waals surface area contributed by atoms with Gasteiger partial charge in [-0.1, -0.05) is 12.1 Å². The maximum Gasteiger partial charge on any atom is 0.349 e. The molecule has 1 aromatic carbocycles. The van der Waals surface area contributed by atoms with Crippen LogP contribution < -0.4 is 0 Å². The first-order valence-corrected chi connectivity index (χ1v) is 7.19. The van der Waals surface area contributed by atoms with Gasteiger partial charge in [0.1, 0.15) is 9.77 Å². The molecule has 2 rings (SSSR count). The molecular weight excluding hydrogens is 312 g/mol. The molecule has 2 aromatic rings. The quantitative estimate of drug-likeness (QED) is 0.679. The van der Waals surface area contributed by atoms with Gasteiger partial charge < -0.3 is 4.74 Å². The summed E-state index contributed by atoms with van der Waals surface area (Å²) in [6, 6.07) is 5.03. The Kier molecular flexibility index (Phi) is 4.57. The Morgan fingerprint density at radius 3 is 2.53 bits per heavy atom. The Morgan fingerprint density at radius 2 is 2.00 bits per heavy atom. The second-order valence-corrected chi connectivity index (χ2v) is 6.14. The second-order valence-electron chi connectivity index (χ2n) is 3.73. The average Bonchev–Trinajstić information content (AvgIpc) is 2.65. The molecule has 5 nitrogen and oxygen atoms in total. The van der Waals surface area contributed by atoms with E-state index in [4.69, 9.17) is 0 Å². The molecule has 1 heterocycles. The van der Waals surface area contributed by atoms with E-state index in [2.05, 4.69) is 4.74 Å². The highest BCUT2D eigenvalue weighted by molar-refractivity contribution is 7.86. The number of rotatable bonds is 2. The molecule has 8 heteroatoms. The topological polar surface area (TPSA) is 80.7 Å². The number of fused-ring (bicyclic) bond motifs is 1. The summed E-state index contributed by atoms with van der Waals surface area (Å²) in [4.78, 5) is 11.1. The number of ether oxygens (including phenoxy) is 1. The van der Waals surface area contributed by atoms with Crippen LogP contribution in [0.4, 0.5) is 0 Å². The van der Waals surface area contributed by atoms with Crippen LogP contribution in [0.5, 0.6) is 0 Å². The first-order valence-electron chi connectivity index (χ1n) is 4.93. The maximum absolute atomic E-state index is 11.5. The Hall–Kier alpha value is -1.15. The van der Waals surface area contributed by atoms with Crippen molar-refractivity contribution in [2.45, 2.75) is 11.8 Å². The van der Waals surface area contributed by atoms with Crippen LogP contribution >= 0.6 is 23.7 Å². The normalized spacial score (nSPS) is 11.1. The fourth-order valence-electron chi connectivity index (χ4n) is 1.66. The number of halogens is 1. The lowest BCUT2D eigenvalue weighted by atomic mass is 10.2. The van der Waals surface area contributed by atoms with Gasteiger partial charge in [-0.25, -0.2) is 4.79 Å². The van der Waals surface area contributed by atoms with Crippen molar-refractivity contribution in [1.29, 1.82) is 0 Å². The molecule has 0 radical (unpaired) electrons. The monoisotopic (exact) mass is 322 g/mol. The van der Waals surface area contributed by atoms with Crippen LogP contribution in [-0.4, -0.2) is 26.0 Å². The molecule has 1 N–H and O–H groups in total. The van der Waals surface area contributed by atoms with Gasteiger partial charge in [-0.05, 0) is 18.6 Å². The van der Waals surface area contributed by atoms with Crippen LogP contribution in [0.3, 0.4) is 0 Å². The Morgan fingerprint density at radius 1 is 1.37 bits per heavy atom. The molecule has 0 saturated heterocycles. The molecule has 0 atom stereocenters. The van der Waals surface area contributed by atoms with Gasteiger partial charge in [0.25, 0.3) is 10.1 Å². The summed E-state index contributed by atoms with van der Waals surface area (Å²) < 4.78 is 37.2. The molecule has 0 bridgehead atoms. The maximum atomic E-state index is 11.5. The molecule has 0 spiro atoms. The van der Waals surface area contributed by atoms with Crippen molar-refractivity contribution >= 4 is 49.9 Å². The van der Waals surface area contributed by atoms with Gasteiger partial charge in [0.05, 0.1) is 7.11 Å². The number of hydrogen-bond acceptors (Lipinski definition) is 5. The predicted octanol–water partition coefficient (Wildman–Crippen LogP) is 2.66. The Bertz CT molecular complexity index is 733. The number of aryl methyl sites for hydroxylation is 1. The van der Waals surface area contributed by atoms with Gasteiger partial charge in [0, 0.05) is 10.1 Å². The Balaban J connectivity index is 0.00000180. The fourth-order valence-corrected chi connectivity index (χ4v) is 4.06. The number of thiophene rings is 1. The van der Waals surface area contributed by atoms with Crippen molar-refractivity contribution < 1.29 is 22.5 Å². The lowest BCUT2D eigenvalue weighted by Crippen LogP contribution is -2.06. The largest absolute Gasteiger partial charge is 0.465 e. The first-order chi connectivity index (χ1) is 8.34. The zero-order chi connectivity index (χ0) is 13.5. The highest BCUT2D eigenvalue weighted by atomic mass is 35.5. The number of methoxy groups -OCH3 is 1. The summed E-state index contributed by atoms with van der Waals surface area (Å²) in [5.74, 6) is -0.776. The zero-order valence-corrected chi connectivity index (χ0v) is 12.5. The molecule has 0 aliphatic carbocycles. The summed E-state index contributed by atoms with van der Waals surface area (Å²) >= 11 is 0.984. The third kappa shape index (κ3) is 2.89. The standard InChI is InChI=1S/C11H10O5S2.ClH/c1-6-3-4-7-8(5-6)17-9(11(12)16-2)10(7)18(13,14)15;/h3-5H,1-2H3,(H,13,14,15);1H.